The predicted octanol–water partition coefficient (Wildman–Crippen LogP) is 1.88. The van der Waals surface area contributed by atoms with Crippen LogP contribution in [0.5, 0.6) is 0 Å². The molecule has 0 spiro atoms. The van der Waals surface area contributed by atoms with Gasteiger partial charge in [0.25, 0.3) is 0 Å². The summed E-state index contributed by atoms with van der Waals surface area (Å²) in [6.07, 6.45) is 0.629. The highest BCUT2D eigenvalue weighted by atomic mass is 32.2. The molecule has 0 radical (unpaired) electrons. The van der Waals surface area contributed by atoms with E-state index in [1.54, 1.807) is 6.07 Å². The molecular formula is C18H19N5O3S. The van der Waals surface area contributed by atoms with Crippen molar-refractivity contribution in [1.29, 1.82) is 0 Å². The third-order valence-electron chi connectivity index (χ3n) is 4.49. The maximum atomic E-state index is 12.5. The standard InChI is InChI=1S/C18H19N5O3S/c1-12-20-15-5-2-3-6-17(15)23(12)10-4-9-19-27(25,26)13-7-8-14-16(11-13)22-18(24)21-14/h2-3,5-8,11,19H,4,9-10H2,1H3,(H2,21,22,24). The lowest BCUT2D eigenvalue weighted by Gasteiger charge is -2.09. The molecule has 0 bridgehead atoms. The van der Waals surface area contributed by atoms with Gasteiger partial charge in [-0.1, -0.05) is 12.1 Å². The number of fused-ring (bicyclic) bond motifs is 2. The number of hydrogen-bond donors (Lipinski definition) is 3. The smallest absolute Gasteiger partial charge is 0.323 e. The van der Waals surface area contributed by atoms with Crippen molar-refractivity contribution in [3.05, 3.63) is 58.8 Å². The van der Waals surface area contributed by atoms with Crippen molar-refractivity contribution < 1.29 is 8.42 Å². The maximum absolute atomic E-state index is 12.5. The molecule has 0 saturated carbocycles. The van der Waals surface area contributed by atoms with Crippen LogP contribution in [0.1, 0.15) is 12.2 Å². The Morgan fingerprint density at radius 3 is 2.74 bits per heavy atom. The Balaban J connectivity index is 1.44. The number of benzene rings is 2. The highest BCUT2D eigenvalue weighted by molar-refractivity contribution is 7.89. The van der Waals surface area contributed by atoms with Gasteiger partial charge in [-0.3, -0.25) is 0 Å². The quantitative estimate of drug-likeness (QED) is 0.440. The maximum Gasteiger partial charge on any atom is 0.323 e. The number of nitrogens with one attached hydrogen (secondary N) is 3. The fourth-order valence-corrected chi connectivity index (χ4v) is 4.28. The summed E-state index contributed by atoms with van der Waals surface area (Å²) in [6.45, 7) is 2.91. The van der Waals surface area contributed by atoms with Gasteiger partial charge in [0.1, 0.15) is 5.82 Å². The molecular weight excluding hydrogens is 366 g/mol. The summed E-state index contributed by atoms with van der Waals surface area (Å²) in [4.78, 5) is 21.1. The van der Waals surface area contributed by atoms with Crippen molar-refractivity contribution in [2.24, 2.45) is 0 Å². The van der Waals surface area contributed by atoms with Gasteiger partial charge in [0.05, 0.1) is 27.0 Å². The van der Waals surface area contributed by atoms with Crippen molar-refractivity contribution in [3.63, 3.8) is 0 Å². The second-order valence-corrected chi connectivity index (χ2v) is 8.10. The Bertz CT molecular complexity index is 1280. The van der Waals surface area contributed by atoms with Crippen molar-refractivity contribution >= 4 is 32.1 Å². The number of imidazole rings is 2. The molecule has 4 rings (SSSR count). The Labute approximate surface area is 155 Å². The van der Waals surface area contributed by atoms with Crippen LogP contribution in [-0.2, 0) is 16.6 Å². The van der Waals surface area contributed by atoms with Gasteiger partial charge in [0.2, 0.25) is 10.0 Å². The molecule has 2 aromatic heterocycles. The number of para-hydroxylation sites is 2. The minimum atomic E-state index is -3.65. The number of rotatable bonds is 6. The van der Waals surface area contributed by atoms with E-state index in [2.05, 4.69) is 24.2 Å². The van der Waals surface area contributed by atoms with Crippen LogP contribution in [0, 0.1) is 6.92 Å². The molecule has 2 heterocycles. The van der Waals surface area contributed by atoms with E-state index in [-0.39, 0.29) is 10.6 Å². The minimum Gasteiger partial charge on any atom is -0.328 e. The van der Waals surface area contributed by atoms with Gasteiger partial charge in [-0.05, 0) is 43.7 Å². The molecule has 0 amide bonds. The Kier molecular flexibility index (Phi) is 4.33. The lowest BCUT2D eigenvalue weighted by Crippen LogP contribution is -2.25. The molecule has 9 heteroatoms. The van der Waals surface area contributed by atoms with E-state index in [1.807, 2.05) is 31.2 Å². The van der Waals surface area contributed by atoms with Gasteiger partial charge < -0.3 is 14.5 Å². The number of H-pyrrole nitrogens is 2. The van der Waals surface area contributed by atoms with E-state index in [1.165, 1.54) is 12.1 Å². The Morgan fingerprint density at radius 1 is 1.11 bits per heavy atom. The summed E-state index contributed by atoms with van der Waals surface area (Å²) in [5.41, 5.74) is 2.64. The molecule has 140 valence electrons. The van der Waals surface area contributed by atoms with Crippen LogP contribution in [0.2, 0.25) is 0 Å². The molecule has 0 atom stereocenters. The normalized spacial score (nSPS) is 12.2. The van der Waals surface area contributed by atoms with E-state index in [0.29, 0.717) is 30.5 Å². The fraction of sp³-hybridized carbons (Fsp3) is 0.222. The first-order valence-corrected chi connectivity index (χ1v) is 10.1. The topological polar surface area (TPSA) is 113 Å². The van der Waals surface area contributed by atoms with E-state index in [4.69, 9.17) is 0 Å². The number of aromatic amines is 2. The Hall–Kier alpha value is -2.91. The van der Waals surface area contributed by atoms with Gasteiger partial charge in [-0.2, -0.15) is 0 Å². The molecule has 2 aromatic carbocycles. The van der Waals surface area contributed by atoms with Gasteiger partial charge >= 0.3 is 5.69 Å². The van der Waals surface area contributed by atoms with Crippen molar-refractivity contribution in [3.8, 4) is 0 Å². The third-order valence-corrected chi connectivity index (χ3v) is 5.95. The summed E-state index contributed by atoms with van der Waals surface area (Å²) < 4.78 is 29.7. The molecule has 0 saturated heterocycles. The molecule has 27 heavy (non-hydrogen) atoms. The van der Waals surface area contributed by atoms with Crippen LogP contribution in [-0.4, -0.2) is 34.5 Å². The largest absolute Gasteiger partial charge is 0.328 e. The zero-order valence-electron chi connectivity index (χ0n) is 14.7. The minimum absolute atomic E-state index is 0.120. The molecule has 0 aliphatic carbocycles. The van der Waals surface area contributed by atoms with Crippen LogP contribution in [0.25, 0.3) is 22.1 Å². The molecule has 0 unspecified atom stereocenters. The summed E-state index contributed by atoms with van der Waals surface area (Å²) in [6, 6.07) is 12.4. The average Bonchev–Trinajstić information content (AvgIpc) is 3.16. The fourth-order valence-electron chi connectivity index (χ4n) is 3.18. The van der Waals surface area contributed by atoms with Crippen molar-refractivity contribution in [1.82, 2.24) is 24.2 Å². The molecule has 8 nitrogen and oxygen atoms in total. The highest BCUT2D eigenvalue weighted by Gasteiger charge is 2.15. The summed E-state index contributed by atoms with van der Waals surface area (Å²) >= 11 is 0. The zero-order valence-corrected chi connectivity index (χ0v) is 15.5. The first-order chi connectivity index (χ1) is 12.9. The lowest BCUT2D eigenvalue weighted by molar-refractivity contribution is 0.570. The number of nitrogens with zero attached hydrogens (tertiary/aromatic N) is 2. The van der Waals surface area contributed by atoms with Crippen LogP contribution >= 0.6 is 0 Å². The van der Waals surface area contributed by atoms with E-state index < -0.39 is 10.0 Å². The number of aromatic nitrogens is 4. The van der Waals surface area contributed by atoms with Gasteiger partial charge in [0.15, 0.2) is 0 Å². The summed E-state index contributed by atoms with van der Waals surface area (Å²) in [5.74, 6) is 0.904. The Morgan fingerprint density at radius 2 is 1.89 bits per heavy atom. The molecule has 4 aromatic rings. The molecule has 3 N–H and O–H groups in total. The van der Waals surface area contributed by atoms with Crippen LogP contribution in [0.4, 0.5) is 0 Å². The SMILES string of the molecule is Cc1nc2ccccc2n1CCCNS(=O)(=O)c1ccc2[nH]c(=O)[nH]c2c1. The monoisotopic (exact) mass is 385 g/mol. The summed E-state index contributed by atoms with van der Waals surface area (Å²) in [5, 5.41) is 0. The van der Waals surface area contributed by atoms with Crippen LogP contribution < -0.4 is 10.4 Å². The first-order valence-electron chi connectivity index (χ1n) is 8.58. The molecule has 0 fully saturated rings. The highest BCUT2D eigenvalue weighted by Crippen LogP contribution is 2.17. The third kappa shape index (κ3) is 3.38. The number of aryl methyl sites for hydroxylation is 2. The predicted molar refractivity (Wildman–Crippen MR) is 103 cm³/mol. The van der Waals surface area contributed by atoms with Gasteiger partial charge in [0, 0.05) is 13.1 Å². The number of hydrogen-bond acceptors (Lipinski definition) is 4. The zero-order chi connectivity index (χ0) is 19.0. The van der Waals surface area contributed by atoms with Gasteiger partial charge in [-0.15, -0.1) is 0 Å². The number of sulfonamides is 1. The first kappa shape index (κ1) is 17.5. The molecule has 0 aliphatic rings. The van der Waals surface area contributed by atoms with E-state index >= 15 is 0 Å². The van der Waals surface area contributed by atoms with Crippen molar-refractivity contribution in [2.45, 2.75) is 24.8 Å². The van der Waals surface area contributed by atoms with E-state index in [9.17, 15) is 13.2 Å². The van der Waals surface area contributed by atoms with Crippen molar-refractivity contribution in [2.75, 3.05) is 6.54 Å². The lowest BCUT2D eigenvalue weighted by atomic mass is 10.3. The van der Waals surface area contributed by atoms with E-state index in [0.717, 1.165) is 16.9 Å². The average molecular weight is 385 g/mol. The summed E-state index contributed by atoms with van der Waals surface area (Å²) in [7, 11) is -3.65. The second-order valence-electron chi connectivity index (χ2n) is 6.34. The van der Waals surface area contributed by atoms with Gasteiger partial charge in [-0.25, -0.2) is 22.9 Å². The van der Waals surface area contributed by atoms with Crippen LogP contribution in [0.3, 0.4) is 0 Å². The van der Waals surface area contributed by atoms with Crippen LogP contribution in [0.15, 0.2) is 52.2 Å². The second kappa shape index (κ2) is 6.67. The molecule has 0 aliphatic heterocycles.